The molecule has 0 atom stereocenters. The minimum absolute atomic E-state index is 0. The van der Waals surface area contributed by atoms with Crippen molar-refractivity contribution in [1.82, 2.24) is 4.90 Å². The van der Waals surface area contributed by atoms with Crippen LogP contribution in [0.1, 0.15) is 0 Å². The van der Waals surface area contributed by atoms with Gasteiger partial charge >= 0.3 is 0 Å². The van der Waals surface area contributed by atoms with Gasteiger partial charge in [0.1, 0.15) is 0 Å². The molecular weight excluding hydrogens is 160 g/mol. The SMILES string of the molecule is CN(C)C.Cl.[CH2]C[N+](C)(C)C. The van der Waals surface area contributed by atoms with E-state index >= 15 is 0 Å². The Morgan fingerprint density at radius 1 is 1.09 bits per heavy atom. The first-order valence-electron chi connectivity index (χ1n) is 3.50. The van der Waals surface area contributed by atoms with Crippen molar-refractivity contribution in [3.8, 4) is 0 Å². The van der Waals surface area contributed by atoms with Gasteiger partial charge < -0.3 is 9.38 Å². The summed E-state index contributed by atoms with van der Waals surface area (Å²) in [6, 6.07) is 0. The molecule has 0 amide bonds. The lowest BCUT2D eigenvalue weighted by Crippen LogP contribution is -2.33. The van der Waals surface area contributed by atoms with Gasteiger partial charge in [-0.15, -0.1) is 12.4 Å². The predicted octanol–water partition coefficient (Wildman–Crippen LogP) is 1.13. The Morgan fingerprint density at radius 2 is 1.18 bits per heavy atom. The maximum atomic E-state index is 3.73. The zero-order valence-corrected chi connectivity index (χ0v) is 9.53. The molecule has 0 saturated carbocycles. The maximum Gasteiger partial charge on any atom is 0.0782 e. The van der Waals surface area contributed by atoms with E-state index in [0.717, 1.165) is 11.0 Å². The van der Waals surface area contributed by atoms with E-state index in [-0.39, 0.29) is 12.4 Å². The Bertz CT molecular complexity index is 64.2. The summed E-state index contributed by atoms with van der Waals surface area (Å²) in [5, 5.41) is 0. The monoisotopic (exact) mass is 182 g/mol. The van der Waals surface area contributed by atoms with Crippen LogP contribution in [-0.4, -0.2) is 58.2 Å². The molecule has 0 aromatic heterocycles. The van der Waals surface area contributed by atoms with Crippen LogP contribution in [0.5, 0.6) is 0 Å². The standard InChI is InChI=1S/C5H13N.C3H9N.ClH/c1-5-6(2,3)4;1-4(2)3;/h1,5H2,2-4H3;1-3H3;1H/q+1;;. The summed E-state index contributed by atoms with van der Waals surface area (Å²) in [6.45, 7) is 4.69. The molecule has 0 aliphatic rings. The molecule has 0 aromatic rings. The smallest absolute Gasteiger partial charge is 0.0782 e. The number of hydrogen-bond acceptors (Lipinski definition) is 1. The molecule has 0 heterocycles. The molecule has 0 aliphatic heterocycles. The van der Waals surface area contributed by atoms with E-state index in [9.17, 15) is 0 Å². The van der Waals surface area contributed by atoms with Crippen molar-refractivity contribution >= 4 is 12.4 Å². The molecule has 71 valence electrons. The van der Waals surface area contributed by atoms with Gasteiger partial charge in [-0.05, 0) is 21.1 Å². The second-order valence-corrected chi connectivity index (χ2v) is 3.86. The van der Waals surface area contributed by atoms with E-state index in [0.29, 0.717) is 0 Å². The van der Waals surface area contributed by atoms with Crippen molar-refractivity contribution < 1.29 is 4.48 Å². The molecule has 1 radical (unpaired) electrons. The fourth-order valence-electron chi connectivity index (χ4n) is 0. The van der Waals surface area contributed by atoms with E-state index in [1.54, 1.807) is 0 Å². The lowest BCUT2D eigenvalue weighted by Gasteiger charge is -2.20. The van der Waals surface area contributed by atoms with Crippen molar-refractivity contribution in [2.45, 2.75) is 0 Å². The number of rotatable bonds is 1. The van der Waals surface area contributed by atoms with Crippen LogP contribution in [0.2, 0.25) is 0 Å². The third kappa shape index (κ3) is 66.8. The Balaban J connectivity index is -0.000000114. The lowest BCUT2D eigenvalue weighted by molar-refractivity contribution is -0.864. The van der Waals surface area contributed by atoms with Crippen molar-refractivity contribution in [2.75, 3.05) is 48.8 Å². The van der Waals surface area contributed by atoms with Crippen LogP contribution in [0.15, 0.2) is 0 Å². The van der Waals surface area contributed by atoms with Gasteiger partial charge in [0, 0.05) is 6.92 Å². The molecule has 2 nitrogen and oxygen atoms in total. The van der Waals surface area contributed by atoms with Gasteiger partial charge in [0.05, 0.1) is 27.7 Å². The fraction of sp³-hybridized carbons (Fsp3) is 0.875. The van der Waals surface area contributed by atoms with Crippen LogP contribution in [0.25, 0.3) is 0 Å². The molecule has 0 N–H and O–H groups in total. The Kier molecular flexibility index (Phi) is 13.1. The molecule has 3 heteroatoms. The summed E-state index contributed by atoms with van der Waals surface area (Å²) in [5.41, 5.74) is 0. The molecule has 0 saturated heterocycles. The van der Waals surface area contributed by atoms with Crippen LogP contribution >= 0.6 is 12.4 Å². The molecule has 0 bridgehead atoms. The van der Waals surface area contributed by atoms with Crippen molar-refractivity contribution in [3.05, 3.63) is 6.92 Å². The fourth-order valence-corrected chi connectivity index (χ4v) is 0. The minimum Gasteiger partial charge on any atom is -0.331 e. The summed E-state index contributed by atoms with van der Waals surface area (Å²) in [5.74, 6) is 0. The van der Waals surface area contributed by atoms with Gasteiger partial charge in [-0.3, -0.25) is 0 Å². The molecule has 0 unspecified atom stereocenters. The Morgan fingerprint density at radius 3 is 1.18 bits per heavy atom. The maximum absolute atomic E-state index is 3.73. The highest BCUT2D eigenvalue weighted by atomic mass is 35.5. The first kappa shape index (κ1) is 17.3. The van der Waals surface area contributed by atoms with Gasteiger partial charge in [-0.25, -0.2) is 0 Å². The van der Waals surface area contributed by atoms with Gasteiger partial charge in [-0.2, -0.15) is 0 Å². The van der Waals surface area contributed by atoms with Crippen LogP contribution in [0, 0.1) is 6.92 Å². The van der Waals surface area contributed by atoms with Crippen molar-refractivity contribution in [2.24, 2.45) is 0 Å². The summed E-state index contributed by atoms with van der Waals surface area (Å²) in [7, 11) is 12.4. The average Bonchev–Trinajstić information content (AvgIpc) is 1.63. The second-order valence-electron chi connectivity index (χ2n) is 3.86. The van der Waals surface area contributed by atoms with Crippen LogP contribution in [0.3, 0.4) is 0 Å². The van der Waals surface area contributed by atoms with Crippen LogP contribution < -0.4 is 0 Å². The van der Waals surface area contributed by atoms with E-state index in [4.69, 9.17) is 0 Å². The number of nitrogens with zero attached hydrogens (tertiary/aromatic N) is 2. The van der Waals surface area contributed by atoms with E-state index < -0.39 is 0 Å². The molecule has 0 fully saturated rings. The normalized spacial score (nSPS) is 9.82. The molecular formula is C8H23ClN2+. The molecule has 0 spiro atoms. The summed E-state index contributed by atoms with van der Waals surface area (Å²) in [6.07, 6.45) is 0. The number of quaternary nitrogens is 1. The van der Waals surface area contributed by atoms with Gasteiger partial charge in [0.2, 0.25) is 0 Å². The summed E-state index contributed by atoms with van der Waals surface area (Å²) < 4.78 is 0.958. The third-order valence-corrected chi connectivity index (χ3v) is 0.671. The predicted molar refractivity (Wildman–Crippen MR) is 55.1 cm³/mol. The second kappa shape index (κ2) is 8.31. The molecule has 0 rings (SSSR count). The van der Waals surface area contributed by atoms with Crippen LogP contribution in [0.4, 0.5) is 0 Å². The molecule has 0 aliphatic carbocycles. The van der Waals surface area contributed by atoms with Gasteiger partial charge in [-0.1, -0.05) is 0 Å². The zero-order valence-electron chi connectivity index (χ0n) is 8.72. The van der Waals surface area contributed by atoms with E-state index in [1.165, 1.54) is 0 Å². The molecule has 0 aromatic carbocycles. The largest absolute Gasteiger partial charge is 0.331 e. The zero-order chi connectivity index (χ0) is 8.78. The first-order chi connectivity index (χ1) is 4.29. The highest BCUT2D eigenvalue weighted by Gasteiger charge is 1.97. The molecule has 11 heavy (non-hydrogen) atoms. The van der Waals surface area contributed by atoms with Gasteiger partial charge in [0.15, 0.2) is 0 Å². The average molecular weight is 183 g/mol. The highest BCUT2D eigenvalue weighted by Crippen LogP contribution is 1.83. The van der Waals surface area contributed by atoms with E-state index in [2.05, 4.69) is 28.1 Å². The Labute approximate surface area is 78.2 Å². The first-order valence-corrected chi connectivity index (χ1v) is 3.50. The number of halogens is 1. The van der Waals surface area contributed by atoms with Gasteiger partial charge in [0.25, 0.3) is 0 Å². The topological polar surface area (TPSA) is 3.24 Å². The highest BCUT2D eigenvalue weighted by molar-refractivity contribution is 5.85. The summed E-state index contributed by atoms with van der Waals surface area (Å²) in [4.78, 5) is 2.00. The third-order valence-electron chi connectivity index (χ3n) is 0.671. The minimum atomic E-state index is 0. The van der Waals surface area contributed by atoms with Crippen LogP contribution in [-0.2, 0) is 0 Å². The van der Waals surface area contributed by atoms with Crippen molar-refractivity contribution in [3.63, 3.8) is 0 Å². The lowest BCUT2D eigenvalue weighted by atomic mass is 10.6. The van der Waals surface area contributed by atoms with Crippen molar-refractivity contribution in [1.29, 1.82) is 0 Å². The van der Waals surface area contributed by atoms with E-state index in [1.807, 2.05) is 26.0 Å². The summed E-state index contributed by atoms with van der Waals surface area (Å²) >= 11 is 0. The number of hydrogen-bond donors (Lipinski definition) is 0. The quantitative estimate of drug-likeness (QED) is 0.550. The Hall–Kier alpha value is 0.210.